The van der Waals surface area contributed by atoms with Crippen molar-refractivity contribution in [1.82, 2.24) is 0 Å². The zero-order valence-electron chi connectivity index (χ0n) is 14.2. The molecule has 0 spiro atoms. The lowest BCUT2D eigenvalue weighted by Gasteiger charge is -2.28. The molecule has 1 amide bonds. The number of anilines is 2. The van der Waals surface area contributed by atoms with Gasteiger partial charge in [-0.25, -0.2) is 4.79 Å². The summed E-state index contributed by atoms with van der Waals surface area (Å²) in [6.45, 7) is 3.74. The Morgan fingerprint density at radius 1 is 1.12 bits per heavy atom. The average molecular weight is 358 g/mol. The molecule has 0 bridgehead atoms. The van der Waals surface area contributed by atoms with E-state index in [1.165, 1.54) is 36.3 Å². The molecule has 6 heteroatoms. The number of carbonyl (C=O) groups is 2. The number of nitrogens with one attached hydrogen (secondary N) is 1. The molecule has 0 radical (unpaired) electrons. The summed E-state index contributed by atoms with van der Waals surface area (Å²) in [6.07, 6.45) is 2.90. The van der Waals surface area contributed by atoms with Crippen LogP contribution < -0.4 is 10.2 Å². The summed E-state index contributed by atoms with van der Waals surface area (Å²) in [7, 11) is 0. The SMILES string of the molecule is C[C@@H](OC(=O)c1cccs1)C(=O)Nc1ccc(N2CCCCC2)cc1. The number of hydrogen-bond acceptors (Lipinski definition) is 5. The van der Waals surface area contributed by atoms with Crippen LogP contribution in [-0.4, -0.2) is 31.1 Å². The molecular weight excluding hydrogens is 336 g/mol. The molecule has 1 aliphatic rings. The zero-order chi connectivity index (χ0) is 17.6. The van der Waals surface area contributed by atoms with E-state index >= 15 is 0 Å². The highest BCUT2D eigenvalue weighted by Crippen LogP contribution is 2.22. The van der Waals surface area contributed by atoms with Gasteiger partial charge in [0.2, 0.25) is 0 Å². The largest absolute Gasteiger partial charge is 0.448 e. The smallest absolute Gasteiger partial charge is 0.349 e. The van der Waals surface area contributed by atoms with Gasteiger partial charge in [-0.15, -0.1) is 11.3 Å². The van der Waals surface area contributed by atoms with Crippen LogP contribution in [0.5, 0.6) is 0 Å². The van der Waals surface area contributed by atoms with E-state index in [1.807, 2.05) is 24.3 Å². The number of thiophene rings is 1. The number of rotatable bonds is 5. The average Bonchev–Trinajstić information content (AvgIpc) is 3.18. The Labute approximate surface area is 151 Å². The summed E-state index contributed by atoms with van der Waals surface area (Å²) in [5, 5.41) is 4.59. The Morgan fingerprint density at radius 3 is 2.48 bits per heavy atom. The van der Waals surface area contributed by atoms with Crippen LogP contribution in [0.3, 0.4) is 0 Å². The van der Waals surface area contributed by atoms with Gasteiger partial charge in [0.05, 0.1) is 0 Å². The fourth-order valence-electron chi connectivity index (χ4n) is 2.82. The molecule has 2 heterocycles. The van der Waals surface area contributed by atoms with Gasteiger partial charge in [-0.1, -0.05) is 6.07 Å². The molecule has 1 aromatic carbocycles. The Balaban J connectivity index is 1.54. The first-order valence-corrected chi connectivity index (χ1v) is 9.42. The quantitative estimate of drug-likeness (QED) is 0.823. The maximum Gasteiger partial charge on any atom is 0.349 e. The van der Waals surface area contributed by atoms with Crippen LogP contribution in [0.4, 0.5) is 11.4 Å². The summed E-state index contributed by atoms with van der Waals surface area (Å²) < 4.78 is 5.20. The van der Waals surface area contributed by atoms with Gasteiger partial charge < -0.3 is 15.0 Å². The second kappa shape index (κ2) is 8.16. The van der Waals surface area contributed by atoms with Crippen LogP contribution in [-0.2, 0) is 9.53 Å². The Bertz CT molecular complexity index is 707. The first kappa shape index (κ1) is 17.5. The van der Waals surface area contributed by atoms with E-state index in [2.05, 4.69) is 10.2 Å². The van der Waals surface area contributed by atoms with Gasteiger partial charge in [-0.3, -0.25) is 4.79 Å². The minimum absolute atomic E-state index is 0.337. The van der Waals surface area contributed by atoms with Crippen molar-refractivity contribution < 1.29 is 14.3 Å². The molecule has 0 saturated carbocycles. The van der Waals surface area contributed by atoms with Crippen molar-refractivity contribution in [3.63, 3.8) is 0 Å². The Morgan fingerprint density at radius 2 is 1.84 bits per heavy atom. The van der Waals surface area contributed by atoms with Gasteiger partial charge in [0, 0.05) is 24.5 Å². The van der Waals surface area contributed by atoms with Crippen molar-refractivity contribution in [2.24, 2.45) is 0 Å². The standard InChI is InChI=1S/C19H22N2O3S/c1-14(24-19(23)17-6-5-13-25-17)18(22)20-15-7-9-16(10-8-15)21-11-3-2-4-12-21/h5-10,13-14H,2-4,11-12H2,1H3,(H,20,22)/t14-/m1/s1. The highest BCUT2D eigenvalue weighted by atomic mass is 32.1. The third-order valence-corrected chi connectivity index (χ3v) is 5.08. The second-order valence-corrected chi connectivity index (χ2v) is 7.06. The molecule has 0 unspecified atom stereocenters. The van der Waals surface area contributed by atoms with Gasteiger partial charge >= 0.3 is 5.97 Å². The van der Waals surface area contributed by atoms with Crippen molar-refractivity contribution in [2.75, 3.05) is 23.3 Å². The van der Waals surface area contributed by atoms with Crippen LogP contribution in [0.2, 0.25) is 0 Å². The summed E-state index contributed by atoms with van der Waals surface area (Å²) in [6, 6.07) is 11.3. The van der Waals surface area contributed by atoms with Crippen molar-refractivity contribution in [3.8, 4) is 0 Å². The van der Waals surface area contributed by atoms with Crippen molar-refractivity contribution in [1.29, 1.82) is 0 Å². The number of benzene rings is 1. The highest BCUT2D eigenvalue weighted by molar-refractivity contribution is 7.11. The van der Waals surface area contributed by atoms with Crippen molar-refractivity contribution >= 4 is 34.6 Å². The van der Waals surface area contributed by atoms with Gasteiger partial charge in [0.1, 0.15) is 4.88 Å². The van der Waals surface area contributed by atoms with Crippen LogP contribution in [0.1, 0.15) is 35.9 Å². The monoisotopic (exact) mass is 358 g/mol. The summed E-state index contributed by atoms with van der Waals surface area (Å²) >= 11 is 1.29. The number of piperidine rings is 1. The molecule has 132 valence electrons. The van der Waals surface area contributed by atoms with E-state index in [9.17, 15) is 9.59 Å². The first-order valence-electron chi connectivity index (χ1n) is 8.54. The number of amides is 1. The molecule has 5 nitrogen and oxygen atoms in total. The zero-order valence-corrected chi connectivity index (χ0v) is 15.1. The maximum atomic E-state index is 12.2. The molecular formula is C19H22N2O3S. The summed E-state index contributed by atoms with van der Waals surface area (Å²) in [4.78, 5) is 27.0. The molecule has 1 N–H and O–H groups in total. The fraction of sp³-hybridized carbons (Fsp3) is 0.368. The predicted octanol–water partition coefficient (Wildman–Crippen LogP) is 3.92. The summed E-state index contributed by atoms with van der Waals surface area (Å²) in [5.74, 6) is -0.811. The van der Waals surface area contributed by atoms with Gasteiger partial charge in [-0.05, 0) is 61.9 Å². The molecule has 1 saturated heterocycles. The van der Waals surface area contributed by atoms with E-state index < -0.39 is 12.1 Å². The molecule has 1 atom stereocenters. The minimum Gasteiger partial charge on any atom is -0.448 e. The highest BCUT2D eigenvalue weighted by Gasteiger charge is 2.19. The Hall–Kier alpha value is -2.34. The van der Waals surface area contributed by atoms with Crippen LogP contribution in [0.15, 0.2) is 41.8 Å². The number of nitrogens with zero attached hydrogens (tertiary/aromatic N) is 1. The topological polar surface area (TPSA) is 58.6 Å². The van der Waals surface area contributed by atoms with E-state index in [0.717, 1.165) is 13.1 Å². The molecule has 3 rings (SSSR count). The molecule has 25 heavy (non-hydrogen) atoms. The van der Waals surface area contributed by atoms with Crippen molar-refractivity contribution in [3.05, 3.63) is 46.7 Å². The third-order valence-electron chi connectivity index (χ3n) is 4.23. The van der Waals surface area contributed by atoms with Crippen molar-refractivity contribution in [2.45, 2.75) is 32.3 Å². The van der Waals surface area contributed by atoms with Gasteiger partial charge in [0.15, 0.2) is 6.10 Å². The lowest BCUT2D eigenvalue weighted by atomic mass is 10.1. The summed E-state index contributed by atoms with van der Waals surface area (Å²) in [5.41, 5.74) is 1.87. The van der Waals surface area contributed by atoms with E-state index in [0.29, 0.717) is 10.6 Å². The lowest BCUT2D eigenvalue weighted by molar-refractivity contribution is -0.123. The predicted molar refractivity (Wildman–Crippen MR) is 100 cm³/mol. The molecule has 1 fully saturated rings. The van der Waals surface area contributed by atoms with Gasteiger partial charge in [0.25, 0.3) is 5.91 Å². The maximum absolute atomic E-state index is 12.2. The number of esters is 1. The molecule has 1 aromatic heterocycles. The molecule has 2 aromatic rings. The minimum atomic E-state index is -0.851. The van der Waals surface area contributed by atoms with E-state index in [-0.39, 0.29) is 5.91 Å². The van der Waals surface area contributed by atoms with Crippen LogP contribution >= 0.6 is 11.3 Å². The van der Waals surface area contributed by atoms with Crippen LogP contribution in [0.25, 0.3) is 0 Å². The Kier molecular flexibility index (Phi) is 5.71. The molecule has 0 aliphatic carbocycles. The van der Waals surface area contributed by atoms with Gasteiger partial charge in [-0.2, -0.15) is 0 Å². The molecule has 1 aliphatic heterocycles. The van der Waals surface area contributed by atoms with E-state index in [4.69, 9.17) is 4.74 Å². The number of carbonyl (C=O) groups excluding carboxylic acids is 2. The van der Waals surface area contributed by atoms with Crippen LogP contribution in [0, 0.1) is 0 Å². The fourth-order valence-corrected chi connectivity index (χ4v) is 3.42. The lowest BCUT2D eigenvalue weighted by Crippen LogP contribution is -2.30. The normalized spacial score (nSPS) is 15.5. The second-order valence-electron chi connectivity index (χ2n) is 6.11. The number of hydrogen-bond donors (Lipinski definition) is 1. The number of ether oxygens (including phenoxy) is 1. The first-order chi connectivity index (χ1) is 12.1. The van der Waals surface area contributed by atoms with E-state index in [1.54, 1.807) is 24.4 Å². The third kappa shape index (κ3) is 4.60.